The van der Waals surface area contributed by atoms with Crippen LogP contribution >= 0.6 is 0 Å². The second-order valence-electron chi connectivity index (χ2n) is 4.51. The van der Waals surface area contributed by atoms with Crippen molar-refractivity contribution in [2.75, 3.05) is 7.11 Å². The van der Waals surface area contributed by atoms with Gasteiger partial charge in [0.1, 0.15) is 0 Å². The molecule has 102 valence electrons. The molecule has 0 amide bonds. The minimum absolute atomic E-state index is 0.0765. The Balaban J connectivity index is 2.03. The van der Waals surface area contributed by atoms with Crippen LogP contribution in [0, 0.1) is 0 Å². The standard InChI is InChI=1S/C11H18N2O4S/c1-17-10-3-2-8(4-10)13-18(15,16)11-5-9(7-14)12-6-11/h5-6,8,10,12-14H,2-4,7H2,1H3. The van der Waals surface area contributed by atoms with Crippen LogP contribution in [0.5, 0.6) is 0 Å². The Bertz CT molecular complexity index is 497. The first kappa shape index (κ1) is 13.5. The molecule has 2 atom stereocenters. The minimum Gasteiger partial charge on any atom is -0.390 e. The Labute approximate surface area is 106 Å². The lowest BCUT2D eigenvalue weighted by molar-refractivity contribution is 0.107. The maximum Gasteiger partial charge on any atom is 0.242 e. The summed E-state index contributed by atoms with van der Waals surface area (Å²) in [7, 11) is -1.87. The fourth-order valence-corrected chi connectivity index (χ4v) is 3.51. The summed E-state index contributed by atoms with van der Waals surface area (Å²) in [6, 6.07) is 1.36. The molecule has 1 heterocycles. The largest absolute Gasteiger partial charge is 0.390 e. The van der Waals surface area contributed by atoms with Gasteiger partial charge >= 0.3 is 0 Å². The molecule has 1 aromatic heterocycles. The lowest BCUT2D eigenvalue weighted by atomic mass is 10.3. The van der Waals surface area contributed by atoms with Crippen molar-refractivity contribution in [2.45, 2.75) is 42.9 Å². The fourth-order valence-electron chi connectivity index (χ4n) is 2.21. The molecule has 0 aliphatic heterocycles. The molecule has 1 aliphatic rings. The van der Waals surface area contributed by atoms with E-state index in [4.69, 9.17) is 9.84 Å². The lowest BCUT2D eigenvalue weighted by Crippen LogP contribution is -2.33. The number of aliphatic hydroxyl groups excluding tert-OH is 1. The van der Waals surface area contributed by atoms with Crippen LogP contribution < -0.4 is 4.72 Å². The number of rotatable bonds is 5. The Morgan fingerprint density at radius 1 is 1.56 bits per heavy atom. The van der Waals surface area contributed by atoms with Crippen molar-refractivity contribution in [1.82, 2.24) is 9.71 Å². The molecule has 18 heavy (non-hydrogen) atoms. The van der Waals surface area contributed by atoms with Crippen LogP contribution in [0.1, 0.15) is 25.0 Å². The third-order valence-corrected chi connectivity index (χ3v) is 4.74. The molecule has 0 bridgehead atoms. The van der Waals surface area contributed by atoms with Crippen molar-refractivity contribution in [3.8, 4) is 0 Å². The van der Waals surface area contributed by atoms with Gasteiger partial charge in [0.2, 0.25) is 10.0 Å². The monoisotopic (exact) mass is 274 g/mol. The zero-order valence-corrected chi connectivity index (χ0v) is 11.0. The Kier molecular flexibility index (Phi) is 4.06. The number of ether oxygens (including phenoxy) is 1. The van der Waals surface area contributed by atoms with Crippen LogP contribution in [0.3, 0.4) is 0 Å². The highest BCUT2D eigenvalue weighted by molar-refractivity contribution is 7.89. The topological polar surface area (TPSA) is 91.4 Å². The predicted octanol–water partition coefficient (Wildman–Crippen LogP) is 0.353. The molecule has 1 saturated carbocycles. The van der Waals surface area contributed by atoms with Crippen LogP contribution in [0.4, 0.5) is 0 Å². The van der Waals surface area contributed by atoms with Gasteiger partial charge in [0, 0.05) is 25.0 Å². The van der Waals surface area contributed by atoms with Crippen molar-refractivity contribution in [2.24, 2.45) is 0 Å². The van der Waals surface area contributed by atoms with Crippen molar-refractivity contribution in [3.05, 3.63) is 18.0 Å². The first-order chi connectivity index (χ1) is 8.55. The van der Waals surface area contributed by atoms with Crippen molar-refractivity contribution in [3.63, 3.8) is 0 Å². The molecule has 2 rings (SSSR count). The number of sulfonamides is 1. The Hall–Kier alpha value is -0.890. The van der Waals surface area contributed by atoms with Gasteiger partial charge in [-0.15, -0.1) is 0 Å². The smallest absolute Gasteiger partial charge is 0.242 e. The van der Waals surface area contributed by atoms with E-state index in [9.17, 15) is 8.42 Å². The second kappa shape index (κ2) is 5.40. The van der Waals surface area contributed by atoms with Crippen molar-refractivity contribution < 1.29 is 18.3 Å². The molecule has 7 heteroatoms. The maximum atomic E-state index is 12.1. The highest BCUT2D eigenvalue weighted by atomic mass is 32.2. The zero-order valence-electron chi connectivity index (χ0n) is 10.2. The summed E-state index contributed by atoms with van der Waals surface area (Å²) in [5.74, 6) is 0. The molecule has 1 aliphatic carbocycles. The van der Waals surface area contributed by atoms with Gasteiger partial charge in [-0.05, 0) is 25.3 Å². The first-order valence-electron chi connectivity index (χ1n) is 5.88. The zero-order chi connectivity index (χ0) is 13.2. The van der Waals surface area contributed by atoms with Crippen molar-refractivity contribution >= 4 is 10.0 Å². The van der Waals surface area contributed by atoms with Crippen LogP contribution in [-0.2, 0) is 21.4 Å². The van der Waals surface area contributed by atoms with E-state index in [2.05, 4.69) is 9.71 Å². The third kappa shape index (κ3) is 2.92. The normalized spacial score (nSPS) is 24.6. The number of H-pyrrole nitrogens is 1. The summed E-state index contributed by atoms with van der Waals surface area (Å²) in [5, 5.41) is 8.90. The van der Waals surface area contributed by atoms with Crippen LogP contribution in [0.2, 0.25) is 0 Å². The quantitative estimate of drug-likeness (QED) is 0.722. The first-order valence-corrected chi connectivity index (χ1v) is 7.36. The lowest BCUT2D eigenvalue weighted by Gasteiger charge is -2.12. The van der Waals surface area contributed by atoms with E-state index in [0.717, 1.165) is 12.8 Å². The van der Waals surface area contributed by atoms with Crippen LogP contribution in [0.25, 0.3) is 0 Å². The molecule has 0 aromatic carbocycles. The number of aromatic nitrogens is 1. The second-order valence-corrected chi connectivity index (χ2v) is 6.22. The average Bonchev–Trinajstić information content (AvgIpc) is 2.96. The van der Waals surface area contributed by atoms with Crippen LogP contribution in [-0.4, -0.2) is 37.8 Å². The van der Waals surface area contributed by atoms with Gasteiger partial charge < -0.3 is 14.8 Å². The van der Waals surface area contributed by atoms with E-state index in [-0.39, 0.29) is 23.6 Å². The molecule has 0 radical (unpaired) electrons. The molecular formula is C11H18N2O4S. The number of aromatic amines is 1. The molecule has 1 fully saturated rings. The fraction of sp³-hybridized carbons (Fsp3) is 0.636. The highest BCUT2D eigenvalue weighted by Crippen LogP contribution is 2.23. The van der Waals surface area contributed by atoms with E-state index in [1.165, 1.54) is 12.3 Å². The number of aliphatic hydroxyl groups is 1. The van der Waals surface area contributed by atoms with Gasteiger partial charge in [-0.25, -0.2) is 13.1 Å². The number of nitrogens with one attached hydrogen (secondary N) is 2. The molecule has 3 N–H and O–H groups in total. The molecule has 6 nitrogen and oxygen atoms in total. The summed E-state index contributed by atoms with van der Waals surface area (Å²) in [5.41, 5.74) is 0.483. The highest BCUT2D eigenvalue weighted by Gasteiger charge is 2.28. The van der Waals surface area contributed by atoms with E-state index < -0.39 is 10.0 Å². The number of hydrogen-bond acceptors (Lipinski definition) is 4. The molecular weight excluding hydrogens is 256 g/mol. The summed E-state index contributed by atoms with van der Waals surface area (Å²) >= 11 is 0. The van der Waals surface area contributed by atoms with Gasteiger partial charge in [-0.2, -0.15) is 0 Å². The van der Waals surface area contributed by atoms with E-state index in [0.29, 0.717) is 12.1 Å². The number of methoxy groups -OCH3 is 1. The van der Waals surface area contributed by atoms with Gasteiger partial charge in [0.15, 0.2) is 0 Å². The summed E-state index contributed by atoms with van der Waals surface area (Å²) in [4.78, 5) is 2.87. The predicted molar refractivity (Wildman–Crippen MR) is 65.5 cm³/mol. The van der Waals surface area contributed by atoms with Gasteiger partial charge in [-0.3, -0.25) is 0 Å². The summed E-state index contributed by atoms with van der Waals surface area (Å²) in [6.07, 6.45) is 3.88. The molecule has 1 aromatic rings. The third-order valence-electron chi connectivity index (χ3n) is 3.24. The molecule has 0 saturated heterocycles. The van der Waals surface area contributed by atoms with E-state index >= 15 is 0 Å². The average molecular weight is 274 g/mol. The number of hydrogen-bond donors (Lipinski definition) is 3. The van der Waals surface area contributed by atoms with Gasteiger partial charge in [-0.1, -0.05) is 0 Å². The molecule has 2 unspecified atom stereocenters. The minimum atomic E-state index is -3.51. The molecule has 0 spiro atoms. The summed E-state index contributed by atoms with van der Waals surface area (Å²) < 4.78 is 32.0. The van der Waals surface area contributed by atoms with Gasteiger partial charge in [0.05, 0.1) is 17.6 Å². The Morgan fingerprint density at radius 2 is 2.33 bits per heavy atom. The van der Waals surface area contributed by atoms with Crippen LogP contribution in [0.15, 0.2) is 17.2 Å². The van der Waals surface area contributed by atoms with Gasteiger partial charge in [0.25, 0.3) is 0 Å². The SMILES string of the molecule is COC1CCC(NS(=O)(=O)c2c[nH]c(CO)c2)C1. The van der Waals surface area contributed by atoms with Crippen molar-refractivity contribution in [1.29, 1.82) is 0 Å². The Morgan fingerprint density at radius 3 is 2.89 bits per heavy atom. The van der Waals surface area contributed by atoms with E-state index in [1.54, 1.807) is 7.11 Å². The maximum absolute atomic E-state index is 12.1. The van der Waals surface area contributed by atoms with E-state index in [1.807, 2.05) is 0 Å². The summed E-state index contributed by atoms with van der Waals surface area (Å²) in [6.45, 7) is -0.204.